The largest absolute Gasteiger partial charge is 0.312 e. The molecule has 0 bridgehead atoms. The minimum absolute atomic E-state index is 0.0118. The van der Waals surface area contributed by atoms with Gasteiger partial charge in [-0.05, 0) is 43.5 Å². The lowest BCUT2D eigenvalue weighted by atomic mass is 9.86. The smallest absolute Gasteiger partial charge is 0.227 e. The maximum absolute atomic E-state index is 13.1. The Morgan fingerprint density at radius 3 is 2.48 bits per heavy atom. The number of carbonyl (C=O) groups is 1. The molecule has 1 spiro atoms. The zero-order valence-corrected chi connectivity index (χ0v) is 13.6. The fourth-order valence-corrected chi connectivity index (χ4v) is 5.67. The molecule has 3 aliphatic rings. The second-order valence-electron chi connectivity index (χ2n) is 6.96. The maximum atomic E-state index is 13.1. The van der Waals surface area contributed by atoms with Crippen molar-refractivity contribution in [2.45, 2.75) is 30.9 Å². The molecule has 2 aliphatic heterocycles. The van der Waals surface area contributed by atoms with Crippen molar-refractivity contribution in [1.82, 2.24) is 4.31 Å². The van der Waals surface area contributed by atoms with Crippen LogP contribution in [0.25, 0.3) is 0 Å². The van der Waals surface area contributed by atoms with Crippen LogP contribution in [0.5, 0.6) is 0 Å². The van der Waals surface area contributed by atoms with Crippen molar-refractivity contribution >= 4 is 21.6 Å². The zero-order valence-electron chi connectivity index (χ0n) is 12.7. The van der Waals surface area contributed by atoms with Crippen molar-refractivity contribution in [2.24, 2.45) is 5.41 Å². The van der Waals surface area contributed by atoms with Crippen LogP contribution in [0.15, 0.2) is 24.3 Å². The molecule has 0 radical (unpaired) electrons. The number of anilines is 1. The summed E-state index contributed by atoms with van der Waals surface area (Å²) in [6.45, 7) is 1.44. The van der Waals surface area contributed by atoms with Crippen molar-refractivity contribution < 1.29 is 17.6 Å². The molecule has 2 heterocycles. The molecular formula is C16H19FN2O3S. The Hall–Kier alpha value is -1.47. The highest BCUT2D eigenvalue weighted by Gasteiger charge is 2.52. The van der Waals surface area contributed by atoms with Gasteiger partial charge in [-0.2, -0.15) is 0 Å². The minimum Gasteiger partial charge on any atom is -0.312 e. The van der Waals surface area contributed by atoms with Gasteiger partial charge in [0.25, 0.3) is 0 Å². The molecule has 2 saturated heterocycles. The molecule has 1 saturated carbocycles. The van der Waals surface area contributed by atoms with Crippen LogP contribution in [0.2, 0.25) is 0 Å². The molecule has 23 heavy (non-hydrogen) atoms. The number of halogens is 1. The summed E-state index contributed by atoms with van der Waals surface area (Å²) in [4.78, 5) is 14.0. The van der Waals surface area contributed by atoms with Crippen LogP contribution in [0, 0.1) is 11.2 Å². The lowest BCUT2D eigenvalue weighted by Gasteiger charge is -2.24. The first-order chi connectivity index (χ1) is 10.9. The molecule has 1 aliphatic carbocycles. The standard InChI is InChI=1S/C16H19FN2O3S/c17-12-1-3-13(4-2-12)19-11-16(9-15(19)20)7-8-18(10-16)23(21,22)14-5-6-14/h1-4,14H,5-11H2/t16-/m0/s1. The Morgan fingerprint density at radius 2 is 1.83 bits per heavy atom. The summed E-state index contributed by atoms with van der Waals surface area (Å²) in [5, 5.41) is -0.206. The topological polar surface area (TPSA) is 57.7 Å². The Morgan fingerprint density at radius 1 is 1.13 bits per heavy atom. The van der Waals surface area contributed by atoms with Gasteiger partial charge < -0.3 is 4.90 Å². The molecule has 124 valence electrons. The Kier molecular flexibility index (Phi) is 3.29. The summed E-state index contributed by atoms with van der Waals surface area (Å²) >= 11 is 0. The summed E-state index contributed by atoms with van der Waals surface area (Å²) in [5.41, 5.74) is 0.379. The number of rotatable bonds is 3. The van der Waals surface area contributed by atoms with E-state index in [0.717, 1.165) is 12.8 Å². The summed E-state index contributed by atoms with van der Waals surface area (Å²) in [7, 11) is -3.18. The van der Waals surface area contributed by atoms with Crippen LogP contribution in [-0.4, -0.2) is 43.5 Å². The second kappa shape index (κ2) is 5.01. The quantitative estimate of drug-likeness (QED) is 0.844. The first-order valence-corrected chi connectivity index (χ1v) is 9.45. The van der Waals surface area contributed by atoms with Gasteiger partial charge in [-0.15, -0.1) is 0 Å². The van der Waals surface area contributed by atoms with Gasteiger partial charge in [-0.3, -0.25) is 4.79 Å². The second-order valence-corrected chi connectivity index (χ2v) is 9.17. The number of carbonyl (C=O) groups excluding carboxylic acids is 1. The molecule has 1 atom stereocenters. The van der Waals surface area contributed by atoms with Crippen LogP contribution < -0.4 is 4.90 Å². The number of hydrogen-bond donors (Lipinski definition) is 0. The van der Waals surface area contributed by atoms with Crippen molar-refractivity contribution in [3.63, 3.8) is 0 Å². The molecule has 5 nitrogen and oxygen atoms in total. The molecule has 4 rings (SSSR count). The lowest BCUT2D eigenvalue weighted by Crippen LogP contribution is -2.35. The molecule has 3 fully saturated rings. The molecule has 0 aromatic heterocycles. The van der Waals surface area contributed by atoms with Crippen LogP contribution in [0.3, 0.4) is 0 Å². The number of nitrogens with zero attached hydrogens (tertiary/aromatic N) is 2. The van der Waals surface area contributed by atoms with Gasteiger partial charge in [-0.1, -0.05) is 0 Å². The minimum atomic E-state index is -3.18. The van der Waals surface area contributed by atoms with Crippen LogP contribution in [0.4, 0.5) is 10.1 Å². The molecule has 0 N–H and O–H groups in total. The highest BCUT2D eigenvalue weighted by atomic mass is 32.2. The van der Waals surface area contributed by atoms with Crippen LogP contribution in [-0.2, 0) is 14.8 Å². The molecule has 1 amide bonds. The van der Waals surface area contributed by atoms with E-state index >= 15 is 0 Å². The van der Waals surface area contributed by atoms with Gasteiger partial charge >= 0.3 is 0 Å². The highest BCUT2D eigenvalue weighted by molar-refractivity contribution is 7.90. The Labute approximate surface area is 135 Å². The van der Waals surface area contributed by atoms with E-state index < -0.39 is 10.0 Å². The van der Waals surface area contributed by atoms with Gasteiger partial charge in [0.05, 0.1) is 5.25 Å². The number of amides is 1. The molecular weight excluding hydrogens is 319 g/mol. The van der Waals surface area contributed by atoms with Gasteiger partial charge in [0.1, 0.15) is 5.82 Å². The Balaban J connectivity index is 1.53. The monoisotopic (exact) mass is 338 g/mol. The molecule has 0 unspecified atom stereocenters. The van der Waals surface area contributed by atoms with Crippen LogP contribution >= 0.6 is 0 Å². The van der Waals surface area contributed by atoms with Gasteiger partial charge in [0, 0.05) is 37.2 Å². The van der Waals surface area contributed by atoms with Gasteiger partial charge in [-0.25, -0.2) is 17.1 Å². The van der Waals surface area contributed by atoms with Crippen molar-refractivity contribution in [2.75, 3.05) is 24.5 Å². The molecule has 1 aromatic rings. The van der Waals surface area contributed by atoms with E-state index in [-0.39, 0.29) is 22.4 Å². The third-order valence-corrected chi connectivity index (χ3v) is 7.51. The van der Waals surface area contributed by atoms with E-state index in [2.05, 4.69) is 0 Å². The summed E-state index contributed by atoms with van der Waals surface area (Å²) in [5.74, 6) is -0.347. The van der Waals surface area contributed by atoms with E-state index in [0.29, 0.717) is 38.2 Å². The first kappa shape index (κ1) is 15.1. The fourth-order valence-electron chi connectivity index (χ4n) is 3.71. The van der Waals surface area contributed by atoms with Crippen molar-refractivity contribution in [3.05, 3.63) is 30.1 Å². The Bertz CT molecular complexity index is 745. The number of hydrogen-bond acceptors (Lipinski definition) is 3. The van der Waals surface area contributed by atoms with E-state index in [1.165, 1.54) is 12.1 Å². The fraction of sp³-hybridized carbons (Fsp3) is 0.562. The van der Waals surface area contributed by atoms with Crippen molar-refractivity contribution in [1.29, 1.82) is 0 Å². The van der Waals surface area contributed by atoms with E-state index in [1.54, 1.807) is 21.3 Å². The third kappa shape index (κ3) is 2.55. The van der Waals surface area contributed by atoms with Gasteiger partial charge in [0.2, 0.25) is 15.9 Å². The number of benzene rings is 1. The SMILES string of the molecule is O=C1C[C@]2(CCN(S(=O)(=O)C3CC3)C2)CN1c1ccc(F)cc1. The maximum Gasteiger partial charge on any atom is 0.227 e. The summed E-state index contributed by atoms with van der Waals surface area (Å²) in [6, 6.07) is 5.87. The molecule has 1 aromatic carbocycles. The average molecular weight is 338 g/mol. The third-order valence-electron chi connectivity index (χ3n) is 5.17. The lowest BCUT2D eigenvalue weighted by molar-refractivity contribution is -0.117. The normalized spacial score (nSPS) is 28.9. The van der Waals surface area contributed by atoms with Crippen molar-refractivity contribution in [3.8, 4) is 0 Å². The predicted molar refractivity (Wildman–Crippen MR) is 83.9 cm³/mol. The van der Waals surface area contributed by atoms with Gasteiger partial charge in [0.15, 0.2) is 0 Å². The van der Waals surface area contributed by atoms with E-state index in [4.69, 9.17) is 0 Å². The molecule has 7 heteroatoms. The highest BCUT2D eigenvalue weighted by Crippen LogP contribution is 2.44. The van der Waals surface area contributed by atoms with E-state index in [9.17, 15) is 17.6 Å². The summed E-state index contributed by atoms with van der Waals surface area (Å²) < 4.78 is 39.4. The van der Waals surface area contributed by atoms with E-state index in [1.807, 2.05) is 0 Å². The zero-order chi connectivity index (χ0) is 16.2. The summed E-state index contributed by atoms with van der Waals surface area (Å²) in [6.07, 6.45) is 2.59. The number of sulfonamides is 1. The first-order valence-electron chi connectivity index (χ1n) is 7.95. The average Bonchev–Trinajstić information content (AvgIpc) is 3.22. The van der Waals surface area contributed by atoms with Crippen LogP contribution in [0.1, 0.15) is 25.7 Å². The predicted octanol–water partition coefficient (Wildman–Crippen LogP) is 1.75.